The summed E-state index contributed by atoms with van der Waals surface area (Å²) < 4.78 is 6.09. The maximum atomic E-state index is 9.39. The number of hydrogen-bond acceptors (Lipinski definition) is 4. The highest BCUT2D eigenvalue weighted by atomic mass is 16.5. The molecule has 2 N–H and O–H groups in total. The lowest BCUT2D eigenvalue weighted by molar-refractivity contribution is -0.180. The minimum atomic E-state index is -0.155. The summed E-state index contributed by atoms with van der Waals surface area (Å²) in [6.45, 7) is 13.9. The number of hydrogen-bond donors (Lipinski definition) is 2. The predicted octanol–water partition coefficient (Wildman–Crippen LogP) is 1.63. The molecule has 19 heavy (non-hydrogen) atoms. The molecular formula is C15H32N2O2. The topological polar surface area (TPSA) is 44.7 Å². The lowest BCUT2D eigenvalue weighted by Crippen LogP contribution is -2.57. The number of aliphatic hydroxyl groups is 1. The van der Waals surface area contributed by atoms with Crippen molar-refractivity contribution >= 4 is 0 Å². The van der Waals surface area contributed by atoms with E-state index in [-0.39, 0.29) is 23.3 Å². The Labute approximate surface area is 118 Å². The van der Waals surface area contributed by atoms with Crippen molar-refractivity contribution in [2.75, 3.05) is 33.3 Å². The van der Waals surface area contributed by atoms with E-state index in [1.54, 1.807) is 0 Å². The Kier molecular flexibility index (Phi) is 5.41. The summed E-state index contributed by atoms with van der Waals surface area (Å²) in [5.41, 5.74) is -0.312. The van der Waals surface area contributed by atoms with Gasteiger partial charge in [0.2, 0.25) is 0 Å². The van der Waals surface area contributed by atoms with E-state index in [2.05, 4.69) is 44.8 Å². The van der Waals surface area contributed by atoms with Crippen LogP contribution in [0.25, 0.3) is 0 Å². The molecule has 0 aromatic heterocycles. The van der Waals surface area contributed by atoms with Crippen molar-refractivity contribution in [1.82, 2.24) is 10.2 Å². The van der Waals surface area contributed by atoms with E-state index >= 15 is 0 Å². The van der Waals surface area contributed by atoms with E-state index in [0.717, 1.165) is 32.5 Å². The van der Waals surface area contributed by atoms with Gasteiger partial charge in [-0.1, -0.05) is 0 Å². The van der Waals surface area contributed by atoms with Crippen LogP contribution in [0, 0.1) is 0 Å². The van der Waals surface area contributed by atoms with Crippen LogP contribution in [-0.4, -0.2) is 60.0 Å². The second-order valence-electron chi connectivity index (χ2n) is 7.40. The number of nitrogens with one attached hydrogen (secondary N) is 1. The summed E-state index contributed by atoms with van der Waals surface area (Å²) in [7, 11) is 1.91. The standard InChI is InChI=1S/C15H32N2O2/c1-13(2)10-17(11-14(3,4)19-13)9-7-8-15(5,12-18)16-6/h16,18H,7-12H2,1-6H3. The molecule has 114 valence electrons. The highest BCUT2D eigenvalue weighted by Crippen LogP contribution is 2.28. The van der Waals surface area contributed by atoms with Crippen LogP contribution in [0.5, 0.6) is 0 Å². The van der Waals surface area contributed by atoms with Crippen LogP contribution in [0.4, 0.5) is 0 Å². The van der Waals surface area contributed by atoms with Crippen molar-refractivity contribution in [1.29, 1.82) is 0 Å². The minimum Gasteiger partial charge on any atom is -0.394 e. The van der Waals surface area contributed by atoms with E-state index in [4.69, 9.17) is 4.74 Å². The fraction of sp³-hybridized carbons (Fsp3) is 1.00. The molecule has 1 rings (SSSR count). The highest BCUT2D eigenvalue weighted by Gasteiger charge is 2.37. The minimum absolute atomic E-state index is 0.0783. The Morgan fingerprint density at radius 2 is 1.74 bits per heavy atom. The summed E-state index contributed by atoms with van der Waals surface area (Å²) in [6, 6.07) is 0. The molecular weight excluding hydrogens is 240 g/mol. The van der Waals surface area contributed by atoms with E-state index in [0.29, 0.717) is 0 Å². The number of aliphatic hydroxyl groups excluding tert-OH is 1. The zero-order valence-corrected chi connectivity index (χ0v) is 13.5. The second kappa shape index (κ2) is 6.08. The van der Waals surface area contributed by atoms with E-state index in [1.165, 1.54) is 0 Å². The lowest BCUT2D eigenvalue weighted by atomic mass is 9.95. The van der Waals surface area contributed by atoms with Gasteiger partial charge in [0.25, 0.3) is 0 Å². The van der Waals surface area contributed by atoms with Crippen LogP contribution in [0.3, 0.4) is 0 Å². The van der Waals surface area contributed by atoms with Crippen molar-refractivity contribution in [3.8, 4) is 0 Å². The van der Waals surface area contributed by atoms with Gasteiger partial charge in [-0.3, -0.25) is 4.90 Å². The SMILES string of the molecule is CNC(C)(CO)CCCN1CC(C)(C)OC(C)(C)C1. The Hall–Kier alpha value is -0.160. The van der Waals surface area contributed by atoms with Gasteiger partial charge in [-0.05, 0) is 61.1 Å². The first-order chi connectivity index (χ1) is 8.61. The van der Waals surface area contributed by atoms with Gasteiger partial charge in [0.1, 0.15) is 0 Å². The van der Waals surface area contributed by atoms with Gasteiger partial charge in [-0.15, -0.1) is 0 Å². The monoisotopic (exact) mass is 272 g/mol. The van der Waals surface area contributed by atoms with Crippen LogP contribution in [0.15, 0.2) is 0 Å². The molecule has 4 heteroatoms. The predicted molar refractivity (Wildman–Crippen MR) is 79.5 cm³/mol. The fourth-order valence-corrected chi connectivity index (χ4v) is 3.08. The molecule has 0 amide bonds. The Morgan fingerprint density at radius 1 is 1.21 bits per heavy atom. The quantitative estimate of drug-likeness (QED) is 0.771. The first-order valence-electron chi connectivity index (χ1n) is 7.34. The molecule has 1 aliphatic rings. The number of nitrogens with zero attached hydrogens (tertiary/aromatic N) is 1. The molecule has 1 heterocycles. The molecule has 1 saturated heterocycles. The molecule has 0 bridgehead atoms. The first-order valence-corrected chi connectivity index (χ1v) is 7.34. The maximum absolute atomic E-state index is 9.39. The lowest BCUT2D eigenvalue weighted by Gasteiger charge is -2.47. The normalized spacial score (nSPS) is 26.1. The van der Waals surface area contributed by atoms with Gasteiger partial charge in [0, 0.05) is 18.6 Å². The van der Waals surface area contributed by atoms with Crippen molar-refractivity contribution in [2.45, 2.75) is 64.2 Å². The molecule has 4 nitrogen and oxygen atoms in total. The third-order valence-electron chi connectivity index (χ3n) is 3.92. The average molecular weight is 272 g/mol. The van der Waals surface area contributed by atoms with Gasteiger partial charge in [0.05, 0.1) is 17.8 Å². The third kappa shape index (κ3) is 5.38. The molecule has 1 unspecified atom stereocenters. The number of likely N-dealkylation sites (N-methyl/N-ethyl adjacent to an activating group) is 1. The molecule has 1 fully saturated rings. The van der Waals surface area contributed by atoms with Crippen molar-refractivity contribution in [3.63, 3.8) is 0 Å². The fourth-order valence-electron chi connectivity index (χ4n) is 3.08. The first kappa shape index (κ1) is 16.9. The number of rotatable bonds is 6. The third-order valence-corrected chi connectivity index (χ3v) is 3.92. The summed E-state index contributed by atoms with van der Waals surface area (Å²) in [6.07, 6.45) is 2.07. The molecule has 0 radical (unpaired) electrons. The van der Waals surface area contributed by atoms with Crippen molar-refractivity contribution < 1.29 is 9.84 Å². The van der Waals surface area contributed by atoms with Crippen molar-refractivity contribution in [3.05, 3.63) is 0 Å². The highest BCUT2D eigenvalue weighted by molar-refractivity contribution is 4.89. The molecule has 0 aliphatic carbocycles. The zero-order valence-electron chi connectivity index (χ0n) is 13.5. The number of ether oxygens (including phenoxy) is 1. The summed E-state index contributed by atoms with van der Waals surface area (Å²) in [5.74, 6) is 0. The molecule has 0 spiro atoms. The maximum Gasteiger partial charge on any atom is 0.0760 e. The van der Waals surface area contributed by atoms with Crippen molar-refractivity contribution in [2.24, 2.45) is 0 Å². The van der Waals surface area contributed by atoms with Crippen LogP contribution in [-0.2, 0) is 4.74 Å². The van der Waals surface area contributed by atoms with Gasteiger partial charge in [0.15, 0.2) is 0 Å². The average Bonchev–Trinajstić information content (AvgIpc) is 2.24. The van der Waals surface area contributed by atoms with Gasteiger partial charge >= 0.3 is 0 Å². The Morgan fingerprint density at radius 3 is 2.16 bits per heavy atom. The van der Waals surface area contributed by atoms with Crippen LogP contribution in [0.1, 0.15) is 47.5 Å². The van der Waals surface area contributed by atoms with Crippen LogP contribution >= 0.6 is 0 Å². The molecule has 1 aliphatic heterocycles. The number of morpholine rings is 1. The van der Waals surface area contributed by atoms with Crippen LogP contribution < -0.4 is 5.32 Å². The summed E-state index contributed by atoms with van der Waals surface area (Å²) in [4.78, 5) is 2.48. The Bertz CT molecular complexity index is 270. The van der Waals surface area contributed by atoms with Gasteiger partial charge in [-0.2, -0.15) is 0 Å². The molecule has 0 aromatic rings. The smallest absolute Gasteiger partial charge is 0.0760 e. The van der Waals surface area contributed by atoms with Gasteiger partial charge in [-0.25, -0.2) is 0 Å². The summed E-state index contributed by atoms with van der Waals surface area (Å²) in [5, 5.41) is 12.6. The van der Waals surface area contributed by atoms with E-state index in [1.807, 2.05) is 7.05 Å². The van der Waals surface area contributed by atoms with Gasteiger partial charge < -0.3 is 15.2 Å². The van der Waals surface area contributed by atoms with E-state index < -0.39 is 0 Å². The molecule has 0 aromatic carbocycles. The largest absolute Gasteiger partial charge is 0.394 e. The second-order valence-corrected chi connectivity index (χ2v) is 7.40. The molecule has 1 atom stereocenters. The Balaban J connectivity index is 2.45. The van der Waals surface area contributed by atoms with Crippen LogP contribution in [0.2, 0.25) is 0 Å². The summed E-state index contributed by atoms with van der Waals surface area (Å²) >= 11 is 0. The van der Waals surface area contributed by atoms with E-state index in [9.17, 15) is 5.11 Å². The molecule has 0 saturated carbocycles. The zero-order chi connectivity index (χ0) is 14.7.